The van der Waals surface area contributed by atoms with Crippen LogP contribution in [0.4, 0.5) is 0 Å². The van der Waals surface area contributed by atoms with Gasteiger partial charge in [-0.05, 0) is 37.5 Å². The van der Waals surface area contributed by atoms with Crippen molar-refractivity contribution in [3.05, 3.63) is 11.8 Å². The van der Waals surface area contributed by atoms with Gasteiger partial charge < -0.3 is 23.7 Å². The third-order valence-electron chi connectivity index (χ3n) is 14.6. The molecule has 0 amide bonds. The molecule has 12 nitrogen and oxygen atoms in total. The van der Waals surface area contributed by atoms with E-state index in [1.807, 2.05) is 0 Å². The molecule has 2 rings (SSSR count). The summed E-state index contributed by atoms with van der Waals surface area (Å²) < 4.78 is 38.4. The van der Waals surface area contributed by atoms with Crippen molar-refractivity contribution in [1.29, 1.82) is 0 Å². The van der Waals surface area contributed by atoms with Crippen LogP contribution in [-0.2, 0) is 38.1 Å². The number of hydrogen-bond acceptors (Lipinski definition) is 12. The van der Waals surface area contributed by atoms with Crippen molar-refractivity contribution in [3.63, 3.8) is 0 Å². The molecule has 0 spiro atoms. The smallest absolute Gasteiger partial charge is 0.310 e. The van der Waals surface area contributed by atoms with Gasteiger partial charge in [0, 0.05) is 31.3 Å². The number of hydrogen-bond donors (Lipinski definition) is 0. The topological polar surface area (TPSA) is 140 Å². The maximum Gasteiger partial charge on any atom is 0.310 e. The van der Waals surface area contributed by atoms with Crippen molar-refractivity contribution in [3.8, 4) is 5.88 Å². The molecule has 0 aliphatic carbocycles. The molecule has 1 aliphatic heterocycles. The highest BCUT2D eigenvalue weighted by atomic mass is 32.1. The fraction of sp³-hybridized carbons (Fsp3) is 0.869. The highest BCUT2D eigenvalue weighted by molar-refractivity contribution is 6.99. The first-order valence-electron chi connectivity index (χ1n) is 30.5. The normalized spacial score (nSPS) is 14.8. The second-order valence-electron chi connectivity index (χ2n) is 22.9. The highest BCUT2D eigenvalue weighted by Gasteiger charge is 2.32. The minimum atomic E-state index is -0.850. The summed E-state index contributed by atoms with van der Waals surface area (Å²) in [5, 5.41) is 0. The van der Waals surface area contributed by atoms with Crippen LogP contribution in [0, 0.1) is 5.41 Å². The summed E-state index contributed by atoms with van der Waals surface area (Å²) in [7, 11) is 2.12. The molecule has 0 radical (unpaired) electrons. The minimum absolute atomic E-state index is 0.131. The van der Waals surface area contributed by atoms with Gasteiger partial charge in [0.25, 0.3) is 5.88 Å². The molecule has 1 aromatic heterocycles. The summed E-state index contributed by atoms with van der Waals surface area (Å²) in [6, 6.07) is 0. The molecule has 0 saturated carbocycles. The fourth-order valence-corrected chi connectivity index (χ4v) is 10.3. The third kappa shape index (κ3) is 36.1. The Morgan fingerprint density at radius 1 is 0.554 bits per heavy atom. The van der Waals surface area contributed by atoms with Crippen LogP contribution in [0.1, 0.15) is 291 Å². The molecule has 0 bridgehead atoms. The van der Waals surface area contributed by atoms with E-state index in [0.29, 0.717) is 49.2 Å². The number of carbonyl (C=O) groups excluding carboxylic acids is 4. The van der Waals surface area contributed by atoms with Crippen LogP contribution in [0.3, 0.4) is 0 Å². The van der Waals surface area contributed by atoms with Crippen LogP contribution < -0.4 is 4.74 Å². The molecular formula is C61H110N3O9S+. The van der Waals surface area contributed by atoms with Crippen molar-refractivity contribution < 1.29 is 47.3 Å². The first-order valence-corrected chi connectivity index (χ1v) is 31.3. The maximum absolute atomic E-state index is 13.2. The Labute approximate surface area is 456 Å². The molecule has 0 N–H and O–H groups in total. The zero-order chi connectivity index (χ0) is 53.8. The SMILES string of the molecule is CCCCCCCCCCCCCCCC(=O)OCC(COC(=O)CCCCCCCCCCCCCCC)OC(=O)CCCCCC(C)(C)CC(=O)OC[N+]1(C)CCC=C(c2nsnc2OCCCCCC)C1. The van der Waals surface area contributed by atoms with E-state index in [0.717, 1.165) is 94.9 Å². The molecule has 0 saturated heterocycles. The number of nitrogens with zero attached hydrogens (tertiary/aromatic N) is 3. The molecule has 1 unspecified atom stereocenters. The largest absolute Gasteiger partial charge is 0.475 e. The van der Waals surface area contributed by atoms with Gasteiger partial charge in [-0.1, -0.05) is 227 Å². The Morgan fingerprint density at radius 3 is 1.47 bits per heavy atom. The summed E-state index contributed by atoms with van der Waals surface area (Å²) in [5.41, 5.74) is 1.63. The molecule has 13 heteroatoms. The molecule has 1 atom stereocenters. The summed E-state index contributed by atoms with van der Waals surface area (Å²) in [6.07, 6.45) is 43.0. The Hall–Kier alpha value is -3.06. The number of quaternary nitrogens is 1. The average molecular weight is 1060 g/mol. The third-order valence-corrected chi connectivity index (χ3v) is 15.1. The lowest BCUT2D eigenvalue weighted by Gasteiger charge is -2.36. The van der Waals surface area contributed by atoms with E-state index >= 15 is 0 Å². The van der Waals surface area contributed by atoms with E-state index < -0.39 is 12.1 Å². The van der Waals surface area contributed by atoms with E-state index in [1.165, 1.54) is 153 Å². The minimum Gasteiger partial charge on any atom is -0.475 e. The molecular weight excluding hydrogens is 951 g/mol. The number of carbonyl (C=O) groups is 4. The number of likely N-dealkylation sites (N-methyl/N-ethyl adjacent to an activating group) is 1. The Balaban J connectivity index is 1.72. The van der Waals surface area contributed by atoms with E-state index in [4.69, 9.17) is 23.7 Å². The molecule has 1 aliphatic rings. The summed E-state index contributed by atoms with van der Waals surface area (Å²) in [4.78, 5) is 51.7. The van der Waals surface area contributed by atoms with Crippen LogP contribution in [-0.4, -0.2) is 89.9 Å². The summed E-state index contributed by atoms with van der Waals surface area (Å²) in [6.45, 7) is 13.1. The van der Waals surface area contributed by atoms with Crippen LogP contribution in [0.5, 0.6) is 5.88 Å². The second kappa shape index (κ2) is 44.0. The maximum atomic E-state index is 13.2. The standard InChI is InChI=1S/C61H110N3O9S/c1-7-10-13-16-18-20-22-24-26-28-30-32-35-42-55(65)70-50-54(51-71-56(66)43-36-33-31-29-27-25-23-21-19-17-14-11-8-2)73-57(67)44-37-34-38-45-61(4,5)48-58(68)72-52-64(6)46-40-41-53(49-64)59-60(63-74-62-59)69-47-39-15-12-9-3/h41,54H,7-40,42-52H2,1-6H3/q+1. The lowest BCUT2D eigenvalue weighted by molar-refractivity contribution is -0.919. The van der Waals surface area contributed by atoms with E-state index in [2.05, 4.69) is 56.5 Å². The Bertz CT molecular complexity index is 1570. The summed E-state index contributed by atoms with van der Waals surface area (Å²) >= 11 is 1.17. The van der Waals surface area contributed by atoms with Gasteiger partial charge in [0.15, 0.2) is 6.10 Å². The van der Waals surface area contributed by atoms with Crippen molar-refractivity contribution in [2.24, 2.45) is 5.41 Å². The number of aromatic nitrogens is 2. The quantitative estimate of drug-likeness (QED) is 0.0266. The zero-order valence-corrected chi connectivity index (χ0v) is 49.2. The first-order chi connectivity index (χ1) is 35.9. The Kier molecular flexibility index (Phi) is 39.8. The summed E-state index contributed by atoms with van der Waals surface area (Å²) in [5.74, 6) is -0.634. The van der Waals surface area contributed by atoms with Gasteiger partial charge in [0.1, 0.15) is 25.5 Å². The lowest BCUT2D eigenvalue weighted by atomic mass is 9.83. The van der Waals surface area contributed by atoms with Gasteiger partial charge in [0.05, 0.1) is 38.3 Å². The average Bonchev–Trinajstić information content (AvgIpc) is 3.85. The van der Waals surface area contributed by atoms with Crippen molar-refractivity contribution in [2.75, 3.05) is 46.7 Å². The number of esters is 4. The van der Waals surface area contributed by atoms with Crippen molar-refractivity contribution >= 4 is 41.2 Å². The number of rotatable bonds is 50. The van der Waals surface area contributed by atoms with Gasteiger partial charge in [-0.3, -0.25) is 23.7 Å². The second-order valence-corrected chi connectivity index (χ2v) is 23.4. The van der Waals surface area contributed by atoms with E-state index in [9.17, 15) is 19.2 Å². The molecule has 2 heterocycles. The van der Waals surface area contributed by atoms with Crippen LogP contribution in [0.25, 0.3) is 5.57 Å². The molecule has 1 aromatic rings. The van der Waals surface area contributed by atoms with Gasteiger partial charge in [-0.15, -0.1) is 4.37 Å². The van der Waals surface area contributed by atoms with Crippen LogP contribution >= 0.6 is 11.7 Å². The predicted molar refractivity (Wildman–Crippen MR) is 303 cm³/mol. The molecule has 0 fully saturated rings. The Morgan fingerprint density at radius 2 is 0.986 bits per heavy atom. The van der Waals surface area contributed by atoms with E-state index in [1.54, 1.807) is 0 Å². The van der Waals surface area contributed by atoms with Gasteiger partial charge in [-0.2, -0.15) is 4.37 Å². The van der Waals surface area contributed by atoms with Crippen LogP contribution in [0.2, 0.25) is 0 Å². The highest BCUT2D eigenvalue weighted by Crippen LogP contribution is 2.32. The molecule has 74 heavy (non-hydrogen) atoms. The molecule has 428 valence electrons. The van der Waals surface area contributed by atoms with Gasteiger partial charge >= 0.3 is 23.9 Å². The molecule has 0 aromatic carbocycles. The first kappa shape index (κ1) is 67.1. The zero-order valence-electron chi connectivity index (χ0n) is 48.4. The van der Waals surface area contributed by atoms with Gasteiger partial charge in [-0.25, -0.2) is 0 Å². The fourth-order valence-electron chi connectivity index (χ4n) is 9.81. The van der Waals surface area contributed by atoms with E-state index in [-0.39, 0.29) is 49.7 Å². The van der Waals surface area contributed by atoms with Crippen LogP contribution in [0.15, 0.2) is 6.08 Å². The van der Waals surface area contributed by atoms with Gasteiger partial charge in [0.2, 0.25) is 6.73 Å². The monoisotopic (exact) mass is 1060 g/mol. The number of unbranched alkanes of at least 4 members (excludes halogenated alkanes) is 29. The van der Waals surface area contributed by atoms with Crippen molar-refractivity contribution in [1.82, 2.24) is 8.75 Å². The lowest BCUT2D eigenvalue weighted by Crippen LogP contribution is -2.49. The predicted octanol–water partition coefficient (Wildman–Crippen LogP) is 16.6. The van der Waals surface area contributed by atoms with Crippen molar-refractivity contribution in [2.45, 2.75) is 291 Å². The number of ether oxygens (including phenoxy) is 5.